The molecule has 1 atom stereocenters. The molecule has 1 unspecified atom stereocenters. The number of carboxylic acid groups (broad SMARTS) is 1. The molecule has 3 rings (SSSR count). The predicted octanol–water partition coefficient (Wildman–Crippen LogP) is 1.17. The predicted molar refractivity (Wildman–Crippen MR) is 85.8 cm³/mol. The number of benzene rings is 1. The molecule has 1 aromatic heterocycles. The number of aliphatic carboxylic acids is 1. The quantitative estimate of drug-likeness (QED) is 0.910. The first-order valence-corrected chi connectivity index (χ1v) is 7.76. The van der Waals surface area contributed by atoms with Crippen molar-refractivity contribution < 1.29 is 19.4 Å². The van der Waals surface area contributed by atoms with E-state index >= 15 is 0 Å². The zero-order chi connectivity index (χ0) is 17.1. The largest absolute Gasteiger partial charge is 0.479 e. The molecule has 0 radical (unpaired) electrons. The maximum Gasteiger partial charge on any atom is 0.334 e. The fourth-order valence-corrected chi connectivity index (χ4v) is 2.73. The maximum absolute atomic E-state index is 12.7. The van der Waals surface area contributed by atoms with E-state index in [1.54, 1.807) is 10.9 Å². The monoisotopic (exact) mass is 329 g/mol. The van der Waals surface area contributed by atoms with E-state index in [0.29, 0.717) is 18.7 Å². The Morgan fingerprint density at radius 3 is 2.79 bits per heavy atom. The average Bonchev–Trinajstić information content (AvgIpc) is 2.96. The van der Waals surface area contributed by atoms with Gasteiger partial charge in [0.2, 0.25) is 0 Å². The lowest BCUT2D eigenvalue weighted by Gasteiger charge is -2.30. The van der Waals surface area contributed by atoms with Crippen molar-refractivity contribution in [2.45, 2.75) is 19.6 Å². The zero-order valence-electron chi connectivity index (χ0n) is 13.4. The molecular formula is C17H19N3O4. The highest BCUT2D eigenvalue weighted by Crippen LogP contribution is 2.15. The molecule has 7 nitrogen and oxygen atoms in total. The van der Waals surface area contributed by atoms with Crippen molar-refractivity contribution >= 4 is 11.9 Å². The third-order valence-corrected chi connectivity index (χ3v) is 4.14. The second-order valence-corrected chi connectivity index (χ2v) is 5.74. The maximum atomic E-state index is 12.7. The van der Waals surface area contributed by atoms with Crippen molar-refractivity contribution in [1.82, 2.24) is 14.7 Å². The van der Waals surface area contributed by atoms with Gasteiger partial charge >= 0.3 is 5.97 Å². The Morgan fingerprint density at radius 2 is 2.08 bits per heavy atom. The van der Waals surface area contributed by atoms with Gasteiger partial charge in [0, 0.05) is 12.2 Å². The number of hydrogen-bond acceptors (Lipinski definition) is 4. The highest BCUT2D eigenvalue weighted by molar-refractivity contribution is 5.95. The molecule has 0 saturated carbocycles. The van der Waals surface area contributed by atoms with Gasteiger partial charge in [-0.15, -0.1) is 0 Å². The molecule has 1 aliphatic rings. The fourth-order valence-electron chi connectivity index (χ4n) is 2.73. The Hall–Kier alpha value is -2.67. The van der Waals surface area contributed by atoms with Crippen molar-refractivity contribution in [2.75, 3.05) is 19.7 Å². The van der Waals surface area contributed by atoms with Crippen LogP contribution in [0.5, 0.6) is 0 Å². The third-order valence-electron chi connectivity index (χ3n) is 4.14. The summed E-state index contributed by atoms with van der Waals surface area (Å²) in [7, 11) is 0. The van der Waals surface area contributed by atoms with E-state index in [1.165, 1.54) is 4.90 Å². The van der Waals surface area contributed by atoms with E-state index < -0.39 is 12.1 Å². The molecule has 1 fully saturated rings. The van der Waals surface area contributed by atoms with Crippen molar-refractivity contribution in [2.24, 2.45) is 0 Å². The van der Waals surface area contributed by atoms with Gasteiger partial charge in [0.05, 0.1) is 31.5 Å². The molecule has 126 valence electrons. The van der Waals surface area contributed by atoms with Gasteiger partial charge in [-0.2, -0.15) is 5.10 Å². The SMILES string of the molecule is Cc1c(C(=O)N2CCOC(C(=O)O)C2)cnn1Cc1ccccc1. The molecule has 0 spiro atoms. The van der Waals surface area contributed by atoms with Crippen LogP contribution < -0.4 is 0 Å². The van der Waals surface area contributed by atoms with Gasteiger partial charge in [0.1, 0.15) is 0 Å². The molecule has 1 aliphatic heterocycles. The average molecular weight is 329 g/mol. The first-order valence-electron chi connectivity index (χ1n) is 7.76. The summed E-state index contributed by atoms with van der Waals surface area (Å²) in [6.07, 6.45) is 0.577. The highest BCUT2D eigenvalue weighted by atomic mass is 16.5. The summed E-state index contributed by atoms with van der Waals surface area (Å²) in [6, 6.07) is 9.87. The minimum atomic E-state index is -1.05. The van der Waals surface area contributed by atoms with Crippen LogP contribution in [-0.2, 0) is 16.1 Å². The normalized spacial score (nSPS) is 17.7. The third kappa shape index (κ3) is 3.30. The second-order valence-electron chi connectivity index (χ2n) is 5.74. The smallest absolute Gasteiger partial charge is 0.334 e. The van der Waals surface area contributed by atoms with E-state index in [9.17, 15) is 9.59 Å². The first-order chi connectivity index (χ1) is 11.6. The number of hydrogen-bond donors (Lipinski definition) is 1. The minimum absolute atomic E-state index is 0.0530. The molecule has 7 heteroatoms. The molecule has 2 heterocycles. The number of aromatic nitrogens is 2. The molecule has 1 amide bonds. The zero-order valence-corrected chi connectivity index (χ0v) is 13.4. The summed E-state index contributed by atoms with van der Waals surface area (Å²) >= 11 is 0. The van der Waals surface area contributed by atoms with Crippen LogP contribution in [0.15, 0.2) is 36.5 Å². The van der Waals surface area contributed by atoms with E-state index in [0.717, 1.165) is 11.3 Å². The number of nitrogens with zero attached hydrogens (tertiary/aromatic N) is 3. The highest BCUT2D eigenvalue weighted by Gasteiger charge is 2.30. The summed E-state index contributed by atoms with van der Waals surface area (Å²) in [4.78, 5) is 25.2. The van der Waals surface area contributed by atoms with Gasteiger partial charge in [0.15, 0.2) is 6.10 Å². The number of amides is 1. The van der Waals surface area contributed by atoms with E-state index in [-0.39, 0.29) is 19.1 Å². The lowest BCUT2D eigenvalue weighted by molar-refractivity contribution is -0.154. The van der Waals surface area contributed by atoms with Gasteiger partial charge in [0.25, 0.3) is 5.91 Å². The Balaban J connectivity index is 1.75. The Bertz CT molecular complexity index is 742. The van der Waals surface area contributed by atoms with Crippen LogP contribution in [0.25, 0.3) is 0 Å². The van der Waals surface area contributed by atoms with Crippen molar-refractivity contribution in [1.29, 1.82) is 0 Å². The number of carboxylic acids is 1. The van der Waals surface area contributed by atoms with Crippen molar-refractivity contribution in [3.63, 3.8) is 0 Å². The second kappa shape index (κ2) is 6.84. The summed E-state index contributed by atoms with van der Waals surface area (Å²) in [6.45, 7) is 3.09. The molecule has 24 heavy (non-hydrogen) atoms. The van der Waals surface area contributed by atoms with Gasteiger partial charge in [-0.3, -0.25) is 9.48 Å². The Morgan fingerprint density at radius 1 is 1.33 bits per heavy atom. The first kappa shape index (κ1) is 16.2. The number of morpholine rings is 1. The molecule has 1 N–H and O–H groups in total. The van der Waals surface area contributed by atoms with Gasteiger partial charge in [-0.25, -0.2) is 4.79 Å². The van der Waals surface area contributed by atoms with Crippen LogP contribution in [0.2, 0.25) is 0 Å². The minimum Gasteiger partial charge on any atom is -0.479 e. The lowest BCUT2D eigenvalue weighted by atomic mass is 10.2. The number of rotatable bonds is 4. The van der Waals surface area contributed by atoms with Crippen LogP contribution in [0.1, 0.15) is 21.6 Å². The summed E-state index contributed by atoms with van der Waals surface area (Å²) in [5.41, 5.74) is 2.36. The lowest BCUT2D eigenvalue weighted by Crippen LogP contribution is -2.48. The van der Waals surface area contributed by atoms with Crippen LogP contribution in [-0.4, -0.2) is 57.5 Å². The standard InChI is InChI=1S/C17H19N3O4/c1-12-14(9-18-20(12)10-13-5-3-2-4-6-13)16(21)19-7-8-24-15(11-19)17(22)23/h2-6,9,15H,7-8,10-11H2,1H3,(H,22,23). The van der Waals surface area contributed by atoms with E-state index in [2.05, 4.69) is 5.10 Å². The van der Waals surface area contributed by atoms with Crippen LogP contribution in [0, 0.1) is 6.92 Å². The van der Waals surface area contributed by atoms with Crippen LogP contribution >= 0.6 is 0 Å². The molecular weight excluding hydrogens is 310 g/mol. The van der Waals surface area contributed by atoms with Crippen molar-refractivity contribution in [3.05, 3.63) is 53.3 Å². The number of ether oxygens (including phenoxy) is 1. The number of carbonyl (C=O) groups is 2. The van der Waals surface area contributed by atoms with Crippen molar-refractivity contribution in [3.8, 4) is 0 Å². The molecule has 1 saturated heterocycles. The Kier molecular flexibility index (Phi) is 4.61. The van der Waals surface area contributed by atoms with E-state index in [1.807, 2.05) is 37.3 Å². The van der Waals surface area contributed by atoms with E-state index in [4.69, 9.17) is 9.84 Å². The summed E-state index contributed by atoms with van der Waals surface area (Å²) < 4.78 is 6.93. The summed E-state index contributed by atoms with van der Waals surface area (Å²) in [5.74, 6) is -1.26. The van der Waals surface area contributed by atoms with Crippen LogP contribution in [0.4, 0.5) is 0 Å². The van der Waals surface area contributed by atoms with Crippen LogP contribution in [0.3, 0.4) is 0 Å². The fraction of sp³-hybridized carbons (Fsp3) is 0.353. The molecule has 1 aromatic carbocycles. The van der Waals surface area contributed by atoms with Gasteiger partial charge < -0.3 is 14.7 Å². The van der Waals surface area contributed by atoms with Gasteiger partial charge in [-0.05, 0) is 12.5 Å². The molecule has 0 bridgehead atoms. The Labute approximate surface area is 139 Å². The molecule has 2 aromatic rings. The van der Waals surface area contributed by atoms with Gasteiger partial charge in [-0.1, -0.05) is 30.3 Å². The topological polar surface area (TPSA) is 84.7 Å². The summed E-state index contributed by atoms with van der Waals surface area (Å²) in [5, 5.41) is 13.4. The molecule has 0 aliphatic carbocycles. The number of carbonyl (C=O) groups excluding carboxylic acids is 1.